The average molecular weight is 496 g/mol. The number of carbonyl (C=O) groups excluding carboxylic acids is 1. The molecule has 0 spiro atoms. The first kappa shape index (κ1) is 24.3. The number of aromatic nitrogens is 4. The number of hydrogen-bond acceptors (Lipinski definition) is 8. The Bertz CT molecular complexity index is 1310. The maximum Gasteiger partial charge on any atom is 0.274 e. The lowest BCUT2D eigenvalue weighted by Crippen LogP contribution is -2.52. The van der Waals surface area contributed by atoms with Gasteiger partial charge in [0, 0.05) is 38.6 Å². The van der Waals surface area contributed by atoms with E-state index in [4.69, 9.17) is 4.74 Å². The maximum atomic E-state index is 13.2. The molecule has 1 amide bonds. The van der Waals surface area contributed by atoms with Crippen molar-refractivity contribution in [3.8, 4) is 0 Å². The molecule has 0 unspecified atom stereocenters. The van der Waals surface area contributed by atoms with Crippen LogP contribution in [0.3, 0.4) is 0 Å². The van der Waals surface area contributed by atoms with Crippen LogP contribution in [0.1, 0.15) is 61.8 Å². The highest BCUT2D eigenvalue weighted by molar-refractivity contribution is 6.00. The molecule has 36 heavy (non-hydrogen) atoms. The number of rotatable bonds is 6. The predicted octanol–water partition coefficient (Wildman–Crippen LogP) is 2.45. The molecule has 2 fully saturated rings. The molecule has 192 valence electrons. The van der Waals surface area contributed by atoms with Crippen molar-refractivity contribution in [2.24, 2.45) is 0 Å². The second-order valence-corrected chi connectivity index (χ2v) is 9.80. The van der Waals surface area contributed by atoms with Gasteiger partial charge in [0.1, 0.15) is 22.9 Å². The standard InChI is InChI=1S/C25H33N7O4/c1-25(35)10-4-3-7-19(25)29-23(33)17-15-27-32-21(26-2)14-20(30-22(17)32)28-18-6-5-11-31(24(18)34)16-8-12-36-13-9-16/h5-6,11,14-16,19,26,35H,3-4,7-10,12-13H2,1-2H3,(H,28,30)(H,29,33)/t19-,25-/m1/s1. The minimum atomic E-state index is -0.954. The lowest BCUT2D eigenvalue weighted by molar-refractivity contribution is -0.00860. The monoisotopic (exact) mass is 495 g/mol. The van der Waals surface area contributed by atoms with Crippen molar-refractivity contribution >= 4 is 28.9 Å². The molecule has 2 atom stereocenters. The summed E-state index contributed by atoms with van der Waals surface area (Å²) in [6.07, 6.45) is 8.11. The number of fused-ring (bicyclic) bond motifs is 1. The maximum absolute atomic E-state index is 13.2. The van der Waals surface area contributed by atoms with Gasteiger partial charge in [-0.3, -0.25) is 9.59 Å². The van der Waals surface area contributed by atoms with Crippen LogP contribution in [0.15, 0.2) is 35.4 Å². The molecule has 0 bridgehead atoms. The van der Waals surface area contributed by atoms with Crippen LogP contribution >= 0.6 is 0 Å². The number of ether oxygens (including phenoxy) is 1. The molecule has 4 heterocycles. The van der Waals surface area contributed by atoms with Gasteiger partial charge in [0.2, 0.25) is 0 Å². The van der Waals surface area contributed by atoms with E-state index in [1.54, 1.807) is 41.4 Å². The summed E-state index contributed by atoms with van der Waals surface area (Å²) >= 11 is 0. The zero-order valence-corrected chi connectivity index (χ0v) is 20.7. The molecule has 4 N–H and O–H groups in total. The molecule has 1 saturated carbocycles. The van der Waals surface area contributed by atoms with Crippen molar-refractivity contribution in [2.75, 3.05) is 30.9 Å². The van der Waals surface area contributed by atoms with E-state index in [1.807, 2.05) is 6.07 Å². The van der Waals surface area contributed by atoms with Crippen molar-refractivity contribution in [1.82, 2.24) is 24.5 Å². The molecule has 2 aliphatic rings. The Kier molecular flexibility index (Phi) is 6.67. The van der Waals surface area contributed by atoms with E-state index in [-0.39, 0.29) is 23.6 Å². The van der Waals surface area contributed by atoms with Gasteiger partial charge in [0.15, 0.2) is 5.65 Å². The summed E-state index contributed by atoms with van der Waals surface area (Å²) in [5.74, 6) is 0.672. The molecule has 11 nitrogen and oxygen atoms in total. The van der Waals surface area contributed by atoms with Crippen molar-refractivity contribution < 1.29 is 14.6 Å². The Balaban J connectivity index is 1.45. The minimum Gasteiger partial charge on any atom is -0.388 e. The lowest BCUT2D eigenvalue weighted by atomic mass is 9.81. The largest absolute Gasteiger partial charge is 0.388 e. The summed E-state index contributed by atoms with van der Waals surface area (Å²) in [5, 5.41) is 24.3. The van der Waals surface area contributed by atoms with Crippen LogP contribution in [0.4, 0.5) is 17.3 Å². The zero-order valence-electron chi connectivity index (χ0n) is 20.7. The van der Waals surface area contributed by atoms with Crippen molar-refractivity contribution in [2.45, 2.75) is 63.1 Å². The fourth-order valence-corrected chi connectivity index (χ4v) is 5.14. The number of amides is 1. The fourth-order valence-electron chi connectivity index (χ4n) is 5.14. The van der Waals surface area contributed by atoms with Gasteiger partial charge in [-0.2, -0.15) is 9.61 Å². The minimum absolute atomic E-state index is 0.0958. The number of aliphatic hydroxyl groups is 1. The smallest absolute Gasteiger partial charge is 0.274 e. The molecule has 1 saturated heterocycles. The first-order valence-corrected chi connectivity index (χ1v) is 12.5. The molecular formula is C25H33N7O4. The van der Waals surface area contributed by atoms with E-state index in [0.717, 1.165) is 25.7 Å². The van der Waals surface area contributed by atoms with Crippen molar-refractivity contribution in [3.05, 3.63) is 46.5 Å². The highest BCUT2D eigenvalue weighted by Gasteiger charge is 2.36. The Morgan fingerprint density at radius 3 is 2.81 bits per heavy atom. The number of nitrogens with one attached hydrogen (secondary N) is 3. The number of carbonyl (C=O) groups is 1. The van der Waals surface area contributed by atoms with Crippen LogP contribution in [0.5, 0.6) is 0 Å². The summed E-state index contributed by atoms with van der Waals surface area (Å²) in [5.41, 5.74) is -0.0536. The highest BCUT2D eigenvalue weighted by Crippen LogP contribution is 2.29. The quantitative estimate of drug-likeness (QED) is 0.410. The van der Waals surface area contributed by atoms with E-state index >= 15 is 0 Å². The van der Waals surface area contributed by atoms with E-state index in [0.29, 0.717) is 54.6 Å². The van der Waals surface area contributed by atoms with Gasteiger partial charge in [-0.15, -0.1) is 0 Å². The molecule has 3 aromatic rings. The van der Waals surface area contributed by atoms with Crippen LogP contribution in [0, 0.1) is 0 Å². The second-order valence-electron chi connectivity index (χ2n) is 9.80. The lowest BCUT2D eigenvalue weighted by Gasteiger charge is -2.37. The van der Waals surface area contributed by atoms with Crippen LogP contribution in [-0.4, -0.2) is 62.1 Å². The highest BCUT2D eigenvalue weighted by atomic mass is 16.5. The number of anilines is 3. The molecule has 0 aromatic carbocycles. The van der Waals surface area contributed by atoms with Gasteiger partial charge in [-0.25, -0.2) is 4.98 Å². The van der Waals surface area contributed by atoms with Crippen molar-refractivity contribution in [1.29, 1.82) is 0 Å². The SMILES string of the molecule is CNc1cc(Nc2cccn(C3CCOCC3)c2=O)nc2c(C(=O)N[C@@H]3CCCC[C@@]3(C)O)cnn12. The van der Waals surface area contributed by atoms with Gasteiger partial charge >= 0.3 is 0 Å². The molecule has 3 aromatic heterocycles. The summed E-state index contributed by atoms with van der Waals surface area (Å²) in [4.78, 5) is 31.0. The third-order valence-electron chi connectivity index (χ3n) is 7.28. The van der Waals surface area contributed by atoms with Gasteiger partial charge in [-0.1, -0.05) is 12.8 Å². The van der Waals surface area contributed by atoms with Crippen molar-refractivity contribution in [3.63, 3.8) is 0 Å². The topological polar surface area (TPSA) is 135 Å². The third-order valence-corrected chi connectivity index (χ3v) is 7.28. The first-order valence-electron chi connectivity index (χ1n) is 12.5. The van der Waals surface area contributed by atoms with Gasteiger partial charge in [0.05, 0.1) is 17.8 Å². The summed E-state index contributed by atoms with van der Waals surface area (Å²) in [6, 6.07) is 5.05. The summed E-state index contributed by atoms with van der Waals surface area (Å²) in [7, 11) is 1.75. The van der Waals surface area contributed by atoms with Crippen LogP contribution < -0.4 is 21.5 Å². The van der Waals surface area contributed by atoms with Crippen LogP contribution in [0.25, 0.3) is 5.65 Å². The molecule has 1 aliphatic carbocycles. The van der Waals surface area contributed by atoms with E-state index < -0.39 is 5.60 Å². The fraction of sp³-hybridized carbons (Fsp3) is 0.520. The second kappa shape index (κ2) is 9.90. The van der Waals surface area contributed by atoms with E-state index in [9.17, 15) is 14.7 Å². The van der Waals surface area contributed by atoms with Crippen LogP contribution in [0.2, 0.25) is 0 Å². The third kappa shape index (κ3) is 4.68. The number of nitrogens with zero attached hydrogens (tertiary/aromatic N) is 4. The molecule has 11 heteroatoms. The zero-order chi connectivity index (χ0) is 25.3. The predicted molar refractivity (Wildman–Crippen MR) is 136 cm³/mol. The molecule has 5 rings (SSSR count). The van der Waals surface area contributed by atoms with Gasteiger partial charge in [-0.05, 0) is 44.7 Å². The number of pyridine rings is 1. The van der Waals surface area contributed by atoms with Gasteiger partial charge < -0.3 is 30.4 Å². The molecule has 0 radical (unpaired) electrons. The Morgan fingerprint density at radius 2 is 2.06 bits per heavy atom. The Labute approximate surface area is 208 Å². The van der Waals surface area contributed by atoms with E-state index in [1.165, 1.54) is 6.20 Å². The molecular weight excluding hydrogens is 462 g/mol. The Hall–Kier alpha value is -3.44. The van der Waals surface area contributed by atoms with Gasteiger partial charge in [0.25, 0.3) is 11.5 Å². The first-order chi connectivity index (χ1) is 17.4. The summed E-state index contributed by atoms with van der Waals surface area (Å²) < 4.78 is 8.72. The summed E-state index contributed by atoms with van der Waals surface area (Å²) in [6.45, 7) is 3.04. The molecule has 1 aliphatic heterocycles. The normalized spacial score (nSPS) is 22.9. The van der Waals surface area contributed by atoms with E-state index in [2.05, 4.69) is 26.0 Å². The number of hydrogen-bond donors (Lipinski definition) is 4. The Morgan fingerprint density at radius 1 is 1.25 bits per heavy atom. The average Bonchev–Trinajstić information content (AvgIpc) is 3.31. The van der Waals surface area contributed by atoms with Crippen LogP contribution in [-0.2, 0) is 4.74 Å².